The highest BCUT2D eigenvalue weighted by Crippen LogP contribution is 2.33. The summed E-state index contributed by atoms with van der Waals surface area (Å²) in [7, 11) is 0. The molecule has 1 aliphatic rings. The summed E-state index contributed by atoms with van der Waals surface area (Å²) in [6, 6.07) is 10.6. The molecule has 1 unspecified atom stereocenters. The molecule has 40 heavy (non-hydrogen) atoms. The number of imidazole rings is 1. The molecule has 11 nitrogen and oxygen atoms in total. The van der Waals surface area contributed by atoms with Crippen LogP contribution in [0.25, 0.3) is 22.2 Å². The highest BCUT2D eigenvalue weighted by atomic mass is 35.5. The fourth-order valence-electron chi connectivity index (χ4n) is 5.20. The van der Waals surface area contributed by atoms with Crippen molar-refractivity contribution in [3.8, 4) is 11.3 Å². The van der Waals surface area contributed by atoms with Crippen LogP contribution in [-0.2, 0) is 16.1 Å². The zero-order valence-corrected chi connectivity index (χ0v) is 22.9. The minimum atomic E-state index is -0.530. The number of rotatable bonds is 10. The molecule has 0 bridgehead atoms. The maximum absolute atomic E-state index is 13.3. The number of halogens is 1. The number of nitrogen functional groups attached to an aromatic ring is 1. The summed E-state index contributed by atoms with van der Waals surface area (Å²) >= 11 is 6.60. The van der Waals surface area contributed by atoms with Crippen molar-refractivity contribution in [2.24, 2.45) is 17.6 Å². The van der Waals surface area contributed by atoms with Crippen molar-refractivity contribution < 1.29 is 9.59 Å². The van der Waals surface area contributed by atoms with Gasteiger partial charge in [-0.2, -0.15) is 5.10 Å². The molecule has 1 aromatic carbocycles. The number of pyridine rings is 1. The summed E-state index contributed by atoms with van der Waals surface area (Å²) in [5.74, 6) is 1.09. The van der Waals surface area contributed by atoms with E-state index in [0.717, 1.165) is 47.8 Å². The summed E-state index contributed by atoms with van der Waals surface area (Å²) in [5.41, 5.74) is 14.6. The first-order valence-corrected chi connectivity index (χ1v) is 14.0. The van der Waals surface area contributed by atoms with Gasteiger partial charge in [-0.15, -0.1) is 0 Å². The number of benzene rings is 1. The van der Waals surface area contributed by atoms with Crippen LogP contribution < -0.4 is 22.1 Å². The average molecular weight is 564 g/mol. The molecule has 1 fully saturated rings. The van der Waals surface area contributed by atoms with E-state index in [0.29, 0.717) is 47.9 Å². The first kappa shape index (κ1) is 27.6. The second-order valence-corrected chi connectivity index (χ2v) is 10.7. The number of fused-ring (bicyclic) bond motifs is 1. The molecule has 5 rings (SSSR count). The molecule has 12 heteroatoms. The summed E-state index contributed by atoms with van der Waals surface area (Å²) in [6.45, 7) is 0.980. The maximum Gasteiger partial charge on any atom is 0.223 e. The van der Waals surface area contributed by atoms with E-state index in [2.05, 4.69) is 30.8 Å². The third-order valence-electron chi connectivity index (χ3n) is 7.59. The van der Waals surface area contributed by atoms with E-state index in [1.807, 2.05) is 36.4 Å². The first-order valence-electron chi connectivity index (χ1n) is 13.6. The van der Waals surface area contributed by atoms with Crippen LogP contribution >= 0.6 is 11.6 Å². The standard InChI is InChI=1S/C28H34ClN9O2/c29-25-24(18-8-9-20-22(13-18)37-38-26(20)31)35-27(36-25)21(34-28(40)17-6-4-16(14-30)5-7-17)10-11-23(39)33-15-19-3-1-2-12-32-19/h1-3,8-9,12-13,16-17,21H,4-7,10-11,14-15,30H2,(H,33,39)(H,34,40)(H,35,36)(H3,31,37,38)/t16-,17-,21?. The number of hydrogen-bond donors (Lipinski definition) is 6. The van der Waals surface area contributed by atoms with Crippen molar-refractivity contribution in [2.45, 2.75) is 51.1 Å². The maximum atomic E-state index is 13.3. The van der Waals surface area contributed by atoms with Gasteiger partial charge in [0.15, 0.2) is 5.82 Å². The lowest BCUT2D eigenvalue weighted by Gasteiger charge is -2.28. The molecule has 3 aromatic heterocycles. The van der Waals surface area contributed by atoms with Crippen LogP contribution in [0, 0.1) is 11.8 Å². The molecule has 0 radical (unpaired) electrons. The molecule has 4 aromatic rings. The van der Waals surface area contributed by atoms with Gasteiger partial charge < -0.3 is 27.1 Å². The van der Waals surface area contributed by atoms with E-state index in [1.165, 1.54) is 0 Å². The summed E-state index contributed by atoms with van der Waals surface area (Å²) < 4.78 is 0. The summed E-state index contributed by atoms with van der Waals surface area (Å²) in [5, 5.41) is 14.1. The summed E-state index contributed by atoms with van der Waals surface area (Å²) in [4.78, 5) is 38.1. The number of carbonyl (C=O) groups is 2. The van der Waals surface area contributed by atoms with Crippen molar-refractivity contribution in [1.29, 1.82) is 0 Å². The Labute approximate surface area is 236 Å². The molecule has 0 aliphatic heterocycles. The van der Waals surface area contributed by atoms with Crippen LogP contribution in [0.15, 0.2) is 42.6 Å². The Balaban J connectivity index is 1.32. The smallest absolute Gasteiger partial charge is 0.223 e. The molecule has 1 aliphatic carbocycles. The number of nitrogens with zero attached hydrogens (tertiary/aromatic N) is 3. The SMILES string of the molecule is NC[C@H]1CC[C@H](C(=O)NC(CCC(=O)NCc2ccccn2)c2nc(-c3ccc4c(N)n[nH]c4c3)c(Cl)[nH]2)CC1. The Morgan fingerprint density at radius 1 is 1.15 bits per heavy atom. The quantitative estimate of drug-likeness (QED) is 0.170. The highest BCUT2D eigenvalue weighted by molar-refractivity contribution is 6.32. The molecule has 0 spiro atoms. The van der Waals surface area contributed by atoms with Gasteiger partial charge in [-0.3, -0.25) is 19.7 Å². The van der Waals surface area contributed by atoms with Crippen molar-refractivity contribution >= 4 is 40.1 Å². The third-order valence-corrected chi connectivity index (χ3v) is 7.87. The summed E-state index contributed by atoms with van der Waals surface area (Å²) in [6.07, 6.45) is 5.68. The van der Waals surface area contributed by atoms with Crippen LogP contribution in [0.2, 0.25) is 5.15 Å². The number of amides is 2. The fraction of sp³-hybridized carbons (Fsp3) is 0.393. The molecule has 1 saturated carbocycles. The zero-order valence-electron chi connectivity index (χ0n) is 22.1. The topological polar surface area (TPSA) is 180 Å². The number of nitrogens with two attached hydrogens (primary N) is 2. The number of aromatic nitrogens is 5. The Hall–Kier alpha value is -3.96. The highest BCUT2D eigenvalue weighted by Gasteiger charge is 2.29. The Kier molecular flexibility index (Phi) is 8.61. The van der Waals surface area contributed by atoms with E-state index in [9.17, 15) is 9.59 Å². The molecule has 0 saturated heterocycles. The second-order valence-electron chi connectivity index (χ2n) is 10.3. The van der Waals surface area contributed by atoms with Crippen molar-refractivity contribution in [3.63, 3.8) is 0 Å². The van der Waals surface area contributed by atoms with Gasteiger partial charge in [0.1, 0.15) is 16.7 Å². The lowest BCUT2D eigenvalue weighted by molar-refractivity contribution is -0.127. The molecule has 210 valence electrons. The van der Waals surface area contributed by atoms with E-state index in [1.54, 1.807) is 6.20 Å². The normalized spacial score (nSPS) is 17.9. The Bertz CT molecular complexity index is 1460. The minimum Gasteiger partial charge on any atom is -0.382 e. The van der Waals surface area contributed by atoms with Crippen molar-refractivity contribution in [3.05, 3.63) is 59.3 Å². The van der Waals surface area contributed by atoms with E-state index in [-0.39, 0.29) is 24.2 Å². The predicted molar refractivity (Wildman–Crippen MR) is 154 cm³/mol. The predicted octanol–water partition coefficient (Wildman–Crippen LogP) is 3.60. The average Bonchev–Trinajstić information content (AvgIpc) is 3.56. The van der Waals surface area contributed by atoms with Crippen LogP contribution in [0.3, 0.4) is 0 Å². The molecule has 3 heterocycles. The fourth-order valence-corrected chi connectivity index (χ4v) is 5.44. The van der Waals surface area contributed by atoms with Crippen LogP contribution in [-0.4, -0.2) is 43.5 Å². The van der Waals surface area contributed by atoms with Gasteiger partial charge in [0, 0.05) is 29.5 Å². The van der Waals surface area contributed by atoms with Gasteiger partial charge in [-0.05, 0) is 68.8 Å². The minimum absolute atomic E-state index is 0.0437. The third kappa shape index (κ3) is 6.43. The molecule has 8 N–H and O–H groups in total. The number of aromatic amines is 2. The number of nitrogens with one attached hydrogen (secondary N) is 4. The number of H-pyrrole nitrogens is 2. The van der Waals surface area contributed by atoms with Crippen molar-refractivity contribution in [1.82, 2.24) is 35.8 Å². The Morgan fingerprint density at radius 2 is 1.98 bits per heavy atom. The molecule has 1 atom stereocenters. The van der Waals surface area contributed by atoms with Gasteiger partial charge in [0.05, 0.1) is 23.8 Å². The Morgan fingerprint density at radius 3 is 2.73 bits per heavy atom. The van der Waals surface area contributed by atoms with Gasteiger partial charge in [0.2, 0.25) is 11.8 Å². The zero-order chi connectivity index (χ0) is 28.1. The largest absolute Gasteiger partial charge is 0.382 e. The van der Waals surface area contributed by atoms with E-state index < -0.39 is 6.04 Å². The number of anilines is 1. The van der Waals surface area contributed by atoms with Crippen LogP contribution in [0.4, 0.5) is 5.82 Å². The first-order chi connectivity index (χ1) is 19.4. The van der Waals surface area contributed by atoms with Gasteiger partial charge in [-0.1, -0.05) is 23.7 Å². The second kappa shape index (κ2) is 12.5. The number of carbonyl (C=O) groups excluding carboxylic acids is 2. The lowest BCUT2D eigenvalue weighted by atomic mass is 9.81. The molecular weight excluding hydrogens is 530 g/mol. The van der Waals surface area contributed by atoms with E-state index in [4.69, 9.17) is 28.1 Å². The number of hydrogen-bond acceptors (Lipinski definition) is 7. The lowest BCUT2D eigenvalue weighted by Crippen LogP contribution is -2.37. The van der Waals surface area contributed by atoms with Gasteiger partial charge in [-0.25, -0.2) is 4.98 Å². The molecule has 2 amide bonds. The van der Waals surface area contributed by atoms with Gasteiger partial charge >= 0.3 is 0 Å². The van der Waals surface area contributed by atoms with Gasteiger partial charge in [0.25, 0.3) is 0 Å². The van der Waals surface area contributed by atoms with Crippen LogP contribution in [0.1, 0.15) is 56.1 Å². The van der Waals surface area contributed by atoms with E-state index >= 15 is 0 Å². The molecular formula is C28H34ClN9O2. The van der Waals surface area contributed by atoms with Crippen molar-refractivity contribution in [2.75, 3.05) is 12.3 Å². The monoisotopic (exact) mass is 563 g/mol. The van der Waals surface area contributed by atoms with Crippen LogP contribution in [0.5, 0.6) is 0 Å².